The molecule has 110 valence electrons. The number of benzene rings is 1. The molecule has 1 atom stereocenters. The number of rotatable bonds is 7. The predicted octanol–water partition coefficient (Wildman–Crippen LogP) is 2.82. The molecule has 1 unspecified atom stereocenters. The fourth-order valence-corrected chi connectivity index (χ4v) is 2.08. The van der Waals surface area contributed by atoms with E-state index in [9.17, 15) is 9.59 Å². The van der Waals surface area contributed by atoms with Gasteiger partial charge in [0.15, 0.2) is 0 Å². The number of hydrogen-bond donors (Lipinski definition) is 1. The number of carbonyl (C=O) groups excluding carboxylic acids is 1. The summed E-state index contributed by atoms with van der Waals surface area (Å²) >= 11 is 0. The Kier molecular flexibility index (Phi) is 6.22. The number of aryl methyl sites for hydroxylation is 1. The van der Waals surface area contributed by atoms with Gasteiger partial charge in [-0.3, -0.25) is 4.79 Å². The molecule has 20 heavy (non-hydrogen) atoms. The number of aromatic carboxylic acids is 1. The Morgan fingerprint density at radius 3 is 2.55 bits per heavy atom. The molecule has 0 saturated heterocycles. The van der Waals surface area contributed by atoms with E-state index < -0.39 is 5.97 Å². The molecule has 1 aromatic rings. The van der Waals surface area contributed by atoms with Crippen molar-refractivity contribution in [1.29, 1.82) is 0 Å². The van der Waals surface area contributed by atoms with Crippen LogP contribution in [0.2, 0.25) is 0 Å². The Labute approximate surface area is 120 Å². The van der Waals surface area contributed by atoms with Gasteiger partial charge in [0.1, 0.15) is 0 Å². The summed E-state index contributed by atoms with van der Waals surface area (Å²) < 4.78 is 0. The van der Waals surface area contributed by atoms with Gasteiger partial charge < -0.3 is 10.0 Å². The molecule has 1 rings (SSSR count). The molecule has 1 N–H and O–H groups in total. The average Bonchev–Trinajstić information content (AvgIpc) is 2.44. The number of nitrogens with zero attached hydrogens (tertiary/aromatic N) is 1. The minimum absolute atomic E-state index is 0.0606. The fraction of sp³-hybridized carbons (Fsp3) is 0.500. The second-order valence-corrected chi connectivity index (χ2v) is 5.25. The van der Waals surface area contributed by atoms with Crippen LogP contribution in [-0.2, 0) is 11.2 Å². The molecule has 4 nitrogen and oxygen atoms in total. The summed E-state index contributed by atoms with van der Waals surface area (Å²) in [6.45, 7) is 4.96. The second kappa shape index (κ2) is 7.68. The van der Waals surface area contributed by atoms with Crippen LogP contribution in [0.4, 0.5) is 0 Å². The van der Waals surface area contributed by atoms with Crippen molar-refractivity contribution in [2.75, 3.05) is 13.6 Å². The minimum Gasteiger partial charge on any atom is -0.478 e. The molecule has 0 aliphatic carbocycles. The number of carboxylic acid groups (broad SMARTS) is 1. The van der Waals surface area contributed by atoms with Crippen molar-refractivity contribution in [1.82, 2.24) is 4.90 Å². The summed E-state index contributed by atoms with van der Waals surface area (Å²) in [5, 5.41) is 9.10. The predicted molar refractivity (Wildman–Crippen MR) is 78.8 cm³/mol. The van der Waals surface area contributed by atoms with Crippen LogP contribution in [0.15, 0.2) is 24.3 Å². The third-order valence-electron chi connectivity index (χ3n) is 3.56. The maximum absolute atomic E-state index is 12.0. The van der Waals surface area contributed by atoms with Gasteiger partial charge in [-0.25, -0.2) is 4.79 Å². The van der Waals surface area contributed by atoms with Crippen LogP contribution in [0, 0.1) is 5.92 Å². The summed E-state index contributed by atoms with van der Waals surface area (Å²) in [7, 11) is 1.80. The third-order valence-corrected chi connectivity index (χ3v) is 3.56. The molecule has 0 aliphatic rings. The lowest BCUT2D eigenvalue weighted by Gasteiger charge is -2.21. The van der Waals surface area contributed by atoms with Gasteiger partial charge in [0.2, 0.25) is 5.91 Å². The first-order chi connectivity index (χ1) is 9.45. The van der Waals surface area contributed by atoms with Crippen LogP contribution < -0.4 is 0 Å². The van der Waals surface area contributed by atoms with Crippen molar-refractivity contribution in [2.45, 2.75) is 33.1 Å². The molecule has 0 bridgehead atoms. The standard InChI is InChI=1S/C16H23NO3/c1-4-12(2)11-17(3)15(18)10-9-13-7-5-6-8-14(13)16(19)20/h5-8,12H,4,9-11H2,1-3H3,(H,19,20). The van der Waals surface area contributed by atoms with Crippen molar-refractivity contribution < 1.29 is 14.7 Å². The van der Waals surface area contributed by atoms with E-state index >= 15 is 0 Å². The number of amides is 1. The highest BCUT2D eigenvalue weighted by Crippen LogP contribution is 2.12. The summed E-state index contributed by atoms with van der Waals surface area (Å²) in [6.07, 6.45) is 1.85. The first-order valence-corrected chi connectivity index (χ1v) is 7.00. The van der Waals surface area contributed by atoms with Gasteiger partial charge in [-0.1, -0.05) is 38.5 Å². The van der Waals surface area contributed by atoms with Crippen LogP contribution in [0.3, 0.4) is 0 Å². The Hall–Kier alpha value is -1.84. The molecule has 0 saturated carbocycles. The van der Waals surface area contributed by atoms with E-state index in [0.717, 1.165) is 13.0 Å². The maximum atomic E-state index is 12.0. The zero-order valence-corrected chi connectivity index (χ0v) is 12.4. The SMILES string of the molecule is CCC(C)CN(C)C(=O)CCc1ccccc1C(=O)O. The van der Waals surface area contributed by atoms with Crippen molar-refractivity contribution in [3.8, 4) is 0 Å². The number of hydrogen-bond acceptors (Lipinski definition) is 2. The summed E-state index contributed by atoms with van der Waals surface area (Å²) in [4.78, 5) is 24.9. The maximum Gasteiger partial charge on any atom is 0.335 e. The minimum atomic E-state index is -0.944. The quantitative estimate of drug-likeness (QED) is 0.833. The Morgan fingerprint density at radius 1 is 1.30 bits per heavy atom. The van der Waals surface area contributed by atoms with Crippen molar-refractivity contribution in [3.05, 3.63) is 35.4 Å². The van der Waals surface area contributed by atoms with Crippen molar-refractivity contribution in [2.24, 2.45) is 5.92 Å². The van der Waals surface area contributed by atoms with Gasteiger partial charge >= 0.3 is 5.97 Å². The van der Waals surface area contributed by atoms with Gasteiger partial charge in [0.25, 0.3) is 0 Å². The van der Waals surface area contributed by atoms with Gasteiger partial charge in [0.05, 0.1) is 5.56 Å². The van der Waals surface area contributed by atoms with E-state index in [1.165, 1.54) is 0 Å². The van der Waals surface area contributed by atoms with Gasteiger partial charge in [-0.05, 0) is 24.0 Å². The second-order valence-electron chi connectivity index (χ2n) is 5.25. The van der Waals surface area contributed by atoms with Crippen LogP contribution in [-0.4, -0.2) is 35.5 Å². The van der Waals surface area contributed by atoms with E-state index in [2.05, 4.69) is 13.8 Å². The first-order valence-electron chi connectivity index (χ1n) is 7.00. The zero-order chi connectivity index (χ0) is 15.1. The molecule has 0 aliphatic heterocycles. The van der Waals surface area contributed by atoms with Crippen LogP contribution in [0.25, 0.3) is 0 Å². The van der Waals surface area contributed by atoms with E-state index in [4.69, 9.17) is 5.11 Å². The van der Waals surface area contributed by atoms with Crippen LogP contribution in [0.5, 0.6) is 0 Å². The lowest BCUT2D eigenvalue weighted by atomic mass is 10.0. The third kappa shape index (κ3) is 4.68. The van der Waals surface area contributed by atoms with E-state index in [1.807, 2.05) is 0 Å². The smallest absolute Gasteiger partial charge is 0.335 e. The van der Waals surface area contributed by atoms with Gasteiger partial charge in [-0.2, -0.15) is 0 Å². The average molecular weight is 277 g/mol. The summed E-state index contributed by atoms with van der Waals surface area (Å²) in [6, 6.07) is 6.84. The highest BCUT2D eigenvalue weighted by molar-refractivity contribution is 5.89. The lowest BCUT2D eigenvalue weighted by molar-refractivity contribution is -0.130. The molecule has 1 aromatic carbocycles. The van der Waals surface area contributed by atoms with Gasteiger partial charge in [-0.15, -0.1) is 0 Å². The largest absolute Gasteiger partial charge is 0.478 e. The monoisotopic (exact) mass is 277 g/mol. The molecular formula is C16H23NO3. The van der Waals surface area contributed by atoms with E-state index in [1.54, 1.807) is 36.2 Å². The molecular weight excluding hydrogens is 254 g/mol. The molecule has 0 radical (unpaired) electrons. The summed E-state index contributed by atoms with van der Waals surface area (Å²) in [5.41, 5.74) is 0.996. The number of carboxylic acids is 1. The van der Waals surface area contributed by atoms with Crippen LogP contribution in [0.1, 0.15) is 42.6 Å². The van der Waals surface area contributed by atoms with Crippen molar-refractivity contribution >= 4 is 11.9 Å². The Balaban J connectivity index is 2.59. The molecule has 4 heteroatoms. The normalized spacial score (nSPS) is 11.9. The van der Waals surface area contributed by atoms with E-state index in [0.29, 0.717) is 24.3 Å². The van der Waals surface area contributed by atoms with Crippen molar-refractivity contribution in [3.63, 3.8) is 0 Å². The number of carbonyl (C=O) groups is 2. The molecule has 1 amide bonds. The first kappa shape index (κ1) is 16.2. The van der Waals surface area contributed by atoms with Crippen LogP contribution >= 0.6 is 0 Å². The highest BCUT2D eigenvalue weighted by atomic mass is 16.4. The molecule has 0 heterocycles. The Morgan fingerprint density at radius 2 is 1.95 bits per heavy atom. The zero-order valence-electron chi connectivity index (χ0n) is 12.4. The molecule has 0 spiro atoms. The molecule has 0 fully saturated rings. The Bertz CT molecular complexity index is 471. The molecule has 0 aromatic heterocycles. The highest BCUT2D eigenvalue weighted by Gasteiger charge is 2.14. The lowest BCUT2D eigenvalue weighted by Crippen LogP contribution is -2.31. The van der Waals surface area contributed by atoms with E-state index in [-0.39, 0.29) is 11.5 Å². The summed E-state index contributed by atoms with van der Waals surface area (Å²) in [5.74, 6) is -0.401. The fourth-order valence-electron chi connectivity index (χ4n) is 2.08. The van der Waals surface area contributed by atoms with Gasteiger partial charge in [0, 0.05) is 20.0 Å². The topological polar surface area (TPSA) is 57.6 Å².